The van der Waals surface area contributed by atoms with Crippen LogP contribution in [0.5, 0.6) is 0 Å². The van der Waals surface area contributed by atoms with Crippen LogP contribution in [-0.4, -0.2) is 66.6 Å². The molecule has 8 nitrogen and oxygen atoms in total. The van der Waals surface area contributed by atoms with Crippen LogP contribution in [0.3, 0.4) is 0 Å². The van der Waals surface area contributed by atoms with Gasteiger partial charge >= 0.3 is 7.62 Å². The second-order valence-corrected chi connectivity index (χ2v) is 7.27. The first kappa shape index (κ1) is 19.5. The zero-order valence-corrected chi connectivity index (χ0v) is 16.8. The standard InChI is InChI=1S/C19H20BN6O2S/c1-28-20-26-9-7-25(8-10-26)17-3-5-21-12-16(17)24-19(27)15-2-6-22-18(23-15)14-4-11-29-13-14/h2-6,11-13H,7-10H2,1H3,(H,24,27). The number of aromatic nitrogens is 3. The molecule has 0 unspecified atom stereocenters. The summed E-state index contributed by atoms with van der Waals surface area (Å²) in [6.45, 7) is 3.34. The Morgan fingerprint density at radius 2 is 2.07 bits per heavy atom. The van der Waals surface area contributed by atoms with Gasteiger partial charge in [0.2, 0.25) is 0 Å². The summed E-state index contributed by atoms with van der Waals surface area (Å²) in [6.07, 6.45) is 5.00. The molecule has 0 atom stereocenters. The highest BCUT2D eigenvalue weighted by Gasteiger charge is 2.21. The number of thiophene rings is 1. The number of hydrogen-bond donors (Lipinski definition) is 1. The predicted molar refractivity (Wildman–Crippen MR) is 114 cm³/mol. The number of piperazine rings is 1. The van der Waals surface area contributed by atoms with Crippen molar-refractivity contribution in [3.63, 3.8) is 0 Å². The fraction of sp³-hybridized carbons (Fsp3) is 0.263. The number of rotatable bonds is 6. The maximum absolute atomic E-state index is 12.8. The summed E-state index contributed by atoms with van der Waals surface area (Å²) >= 11 is 1.56. The molecule has 1 amide bonds. The van der Waals surface area contributed by atoms with Crippen LogP contribution in [0.4, 0.5) is 11.4 Å². The molecule has 147 valence electrons. The first-order chi connectivity index (χ1) is 14.2. The third-order valence-corrected chi connectivity index (χ3v) is 5.31. The van der Waals surface area contributed by atoms with Crippen molar-refractivity contribution >= 4 is 36.2 Å². The molecule has 4 heterocycles. The number of nitrogens with zero attached hydrogens (tertiary/aromatic N) is 5. The molecule has 1 aliphatic heterocycles. The predicted octanol–water partition coefficient (Wildman–Crippen LogP) is 2.15. The van der Waals surface area contributed by atoms with Gasteiger partial charge in [-0.15, -0.1) is 0 Å². The SMILES string of the molecule is CO[B]N1CCN(c2ccncc2NC(=O)c2ccnc(-c3ccsc3)n2)CC1. The third-order valence-electron chi connectivity index (χ3n) is 4.62. The summed E-state index contributed by atoms with van der Waals surface area (Å²) in [6, 6.07) is 5.46. The zero-order chi connectivity index (χ0) is 20.1. The number of pyridine rings is 1. The van der Waals surface area contributed by atoms with E-state index in [9.17, 15) is 4.79 Å². The second kappa shape index (κ2) is 9.12. The van der Waals surface area contributed by atoms with Crippen molar-refractivity contribution in [1.29, 1.82) is 0 Å². The van der Waals surface area contributed by atoms with E-state index in [1.165, 1.54) is 0 Å². The van der Waals surface area contributed by atoms with Gasteiger partial charge < -0.3 is 19.7 Å². The lowest BCUT2D eigenvalue weighted by molar-refractivity contribution is 0.102. The van der Waals surface area contributed by atoms with Gasteiger partial charge in [-0.1, -0.05) is 0 Å². The average Bonchev–Trinajstić information content (AvgIpc) is 3.30. The summed E-state index contributed by atoms with van der Waals surface area (Å²) in [4.78, 5) is 30.0. The second-order valence-electron chi connectivity index (χ2n) is 6.49. The van der Waals surface area contributed by atoms with E-state index in [0.717, 1.165) is 37.4 Å². The highest BCUT2D eigenvalue weighted by Crippen LogP contribution is 2.26. The Labute approximate surface area is 173 Å². The smallest absolute Gasteiger partial charge is 0.398 e. The van der Waals surface area contributed by atoms with E-state index < -0.39 is 0 Å². The number of hydrogen-bond acceptors (Lipinski definition) is 8. The number of carbonyl (C=O) groups excluding carboxylic acids is 1. The first-order valence-corrected chi connectivity index (χ1v) is 10.1. The van der Waals surface area contributed by atoms with Gasteiger partial charge in [-0.3, -0.25) is 9.78 Å². The minimum atomic E-state index is -0.288. The maximum Gasteiger partial charge on any atom is 0.398 e. The van der Waals surface area contributed by atoms with E-state index in [0.29, 0.717) is 17.2 Å². The van der Waals surface area contributed by atoms with Gasteiger partial charge in [-0.25, -0.2) is 9.97 Å². The first-order valence-electron chi connectivity index (χ1n) is 9.20. The van der Waals surface area contributed by atoms with Crippen molar-refractivity contribution in [3.8, 4) is 11.4 Å². The van der Waals surface area contributed by atoms with Crippen molar-refractivity contribution < 1.29 is 9.45 Å². The number of carbonyl (C=O) groups is 1. The molecule has 29 heavy (non-hydrogen) atoms. The van der Waals surface area contributed by atoms with Crippen LogP contribution in [0.15, 0.2) is 47.5 Å². The Hall–Kier alpha value is -2.82. The summed E-state index contributed by atoms with van der Waals surface area (Å²) < 4.78 is 5.09. The fourth-order valence-corrected chi connectivity index (χ4v) is 3.81. The molecule has 0 spiro atoms. The molecule has 1 radical (unpaired) electrons. The Morgan fingerprint density at radius 1 is 1.21 bits per heavy atom. The topological polar surface area (TPSA) is 83.5 Å². The normalized spacial score (nSPS) is 14.6. The van der Waals surface area contributed by atoms with Crippen molar-refractivity contribution in [2.24, 2.45) is 0 Å². The minimum Gasteiger partial charge on any atom is -0.427 e. The fourth-order valence-electron chi connectivity index (χ4n) is 3.18. The van der Waals surface area contributed by atoms with E-state index in [1.54, 1.807) is 50.7 Å². The lowest BCUT2D eigenvalue weighted by atomic mass is 10.1. The lowest BCUT2D eigenvalue weighted by Gasteiger charge is -2.36. The zero-order valence-electron chi connectivity index (χ0n) is 16.0. The molecule has 1 fully saturated rings. The lowest BCUT2D eigenvalue weighted by Crippen LogP contribution is -2.48. The Kier molecular flexibility index (Phi) is 6.13. The molecule has 0 bridgehead atoms. The van der Waals surface area contributed by atoms with Crippen molar-refractivity contribution in [1.82, 2.24) is 19.8 Å². The average molecular weight is 407 g/mol. The molecular weight excluding hydrogens is 387 g/mol. The van der Waals surface area contributed by atoms with Crippen molar-refractivity contribution in [2.45, 2.75) is 0 Å². The number of anilines is 2. The molecule has 1 aliphatic rings. The largest absolute Gasteiger partial charge is 0.427 e. The van der Waals surface area contributed by atoms with Crippen LogP contribution in [0, 0.1) is 0 Å². The van der Waals surface area contributed by atoms with Crippen LogP contribution in [0.1, 0.15) is 10.5 Å². The number of amides is 1. The monoisotopic (exact) mass is 407 g/mol. The number of nitrogens with one attached hydrogen (secondary N) is 1. The summed E-state index contributed by atoms with van der Waals surface area (Å²) in [7, 11) is 3.40. The molecule has 3 aromatic heterocycles. The van der Waals surface area contributed by atoms with Gasteiger partial charge in [0.1, 0.15) is 5.69 Å². The van der Waals surface area contributed by atoms with Crippen molar-refractivity contribution in [3.05, 3.63) is 53.2 Å². The molecule has 10 heteroatoms. The molecule has 0 aliphatic carbocycles. The van der Waals surface area contributed by atoms with Crippen LogP contribution in [-0.2, 0) is 4.65 Å². The Bertz CT molecular complexity index is 963. The van der Waals surface area contributed by atoms with E-state index in [4.69, 9.17) is 4.65 Å². The summed E-state index contributed by atoms with van der Waals surface area (Å²) in [5.41, 5.74) is 2.82. The highest BCUT2D eigenvalue weighted by atomic mass is 32.1. The van der Waals surface area contributed by atoms with Gasteiger partial charge in [0.25, 0.3) is 5.91 Å². The summed E-state index contributed by atoms with van der Waals surface area (Å²) in [5, 5.41) is 6.87. The molecule has 1 N–H and O–H groups in total. The highest BCUT2D eigenvalue weighted by molar-refractivity contribution is 7.08. The van der Waals surface area contributed by atoms with Crippen molar-refractivity contribution in [2.75, 3.05) is 43.5 Å². The van der Waals surface area contributed by atoms with Crippen LogP contribution in [0.2, 0.25) is 0 Å². The molecule has 3 aromatic rings. The quantitative estimate of drug-likeness (QED) is 0.627. The Balaban J connectivity index is 1.49. The van der Waals surface area contributed by atoms with Gasteiger partial charge in [0.15, 0.2) is 5.82 Å². The maximum atomic E-state index is 12.8. The molecular formula is C19H20BN6O2S. The Morgan fingerprint density at radius 3 is 2.83 bits per heavy atom. The molecule has 0 aromatic carbocycles. The van der Waals surface area contributed by atoms with Gasteiger partial charge in [0.05, 0.1) is 17.6 Å². The molecule has 0 saturated carbocycles. The van der Waals surface area contributed by atoms with Crippen LogP contribution in [0.25, 0.3) is 11.4 Å². The van der Waals surface area contributed by atoms with Gasteiger partial charge in [0, 0.05) is 56.6 Å². The van der Waals surface area contributed by atoms with E-state index in [2.05, 4.69) is 30.0 Å². The van der Waals surface area contributed by atoms with E-state index in [-0.39, 0.29) is 5.91 Å². The van der Waals surface area contributed by atoms with E-state index >= 15 is 0 Å². The minimum absolute atomic E-state index is 0.288. The third kappa shape index (κ3) is 4.61. The van der Waals surface area contributed by atoms with Gasteiger partial charge in [-0.2, -0.15) is 11.3 Å². The van der Waals surface area contributed by atoms with Crippen LogP contribution >= 0.6 is 11.3 Å². The summed E-state index contributed by atoms with van der Waals surface area (Å²) in [5.74, 6) is 0.250. The van der Waals surface area contributed by atoms with Crippen LogP contribution < -0.4 is 10.2 Å². The van der Waals surface area contributed by atoms with E-state index in [1.807, 2.05) is 22.9 Å². The van der Waals surface area contributed by atoms with Gasteiger partial charge in [-0.05, 0) is 23.6 Å². The molecule has 4 rings (SSSR count). The molecule has 1 saturated heterocycles.